The van der Waals surface area contributed by atoms with Gasteiger partial charge >= 0.3 is 0 Å². The van der Waals surface area contributed by atoms with E-state index in [1.165, 1.54) is 0 Å². The first-order chi connectivity index (χ1) is 8.84. The fraction of sp³-hybridized carbons (Fsp3) is 0.533. The van der Waals surface area contributed by atoms with Crippen molar-refractivity contribution in [3.8, 4) is 0 Å². The number of carbonyl (C=O) groups excluding carboxylic acids is 1. The molecule has 0 radical (unpaired) electrons. The average molecular weight is 281 g/mol. The Morgan fingerprint density at radius 1 is 1.21 bits per heavy atom. The Balaban J connectivity index is 3.00. The van der Waals surface area contributed by atoms with Crippen LogP contribution in [0.5, 0.6) is 0 Å². The number of Topliss-reactive ketones (excluding diaryl/α,β-unsaturated/α-hetero) is 1. The number of rotatable bonds is 6. The topological polar surface area (TPSA) is 37.4 Å². The normalized spacial score (nSPS) is 14.7. The van der Waals surface area contributed by atoms with E-state index in [4.69, 9.17) is 0 Å². The summed E-state index contributed by atoms with van der Waals surface area (Å²) < 4.78 is 12.4. The maximum absolute atomic E-state index is 12.4. The van der Waals surface area contributed by atoms with E-state index in [1.807, 2.05) is 52.2 Å². The maximum atomic E-state index is 12.4. The van der Waals surface area contributed by atoms with Crippen molar-refractivity contribution in [2.24, 2.45) is 5.92 Å². The van der Waals surface area contributed by atoms with Crippen molar-refractivity contribution in [1.82, 2.24) is 4.90 Å². The van der Waals surface area contributed by atoms with Crippen LogP contribution in [-0.4, -0.2) is 34.7 Å². The zero-order chi connectivity index (χ0) is 14.6. The molecule has 0 spiro atoms. The van der Waals surface area contributed by atoms with Crippen LogP contribution >= 0.6 is 0 Å². The molecule has 0 fully saturated rings. The molecule has 0 saturated heterocycles. The van der Waals surface area contributed by atoms with E-state index in [2.05, 4.69) is 11.8 Å². The predicted octanol–water partition coefficient (Wildman–Crippen LogP) is 2.64. The lowest BCUT2D eigenvalue weighted by Gasteiger charge is -2.22. The first-order valence-electron chi connectivity index (χ1n) is 6.51. The Labute approximate surface area is 118 Å². The third kappa shape index (κ3) is 4.25. The summed E-state index contributed by atoms with van der Waals surface area (Å²) >= 11 is 0. The molecule has 0 aliphatic carbocycles. The molecular weight excluding hydrogens is 258 g/mol. The second-order valence-electron chi connectivity index (χ2n) is 5.29. The van der Waals surface area contributed by atoms with Gasteiger partial charge in [0.1, 0.15) is 5.78 Å². The van der Waals surface area contributed by atoms with E-state index in [0.717, 1.165) is 10.5 Å². The highest BCUT2D eigenvalue weighted by atomic mass is 32.2. The number of benzene rings is 1. The minimum absolute atomic E-state index is 0.0469. The summed E-state index contributed by atoms with van der Waals surface area (Å²) in [5.74, 6) is 0.0856. The van der Waals surface area contributed by atoms with Crippen LogP contribution in [0.4, 0.5) is 0 Å². The van der Waals surface area contributed by atoms with Crippen LogP contribution in [-0.2, 0) is 15.6 Å². The van der Waals surface area contributed by atoms with Gasteiger partial charge in [-0.2, -0.15) is 0 Å². The largest absolute Gasteiger partial charge is 0.303 e. The van der Waals surface area contributed by atoms with Crippen molar-refractivity contribution in [2.45, 2.75) is 31.7 Å². The van der Waals surface area contributed by atoms with Gasteiger partial charge in [0, 0.05) is 16.9 Å². The zero-order valence-electron chi connectivity index (χ0n) is 12.3. The fourth-order valence-electron chi connectivity index (χ4n) is 1.68. The van der Waals surface area contributed by atoms with Crippen molar-refractivity contribution in [3.63, 3.8) is 0 Å². The Morgan fingerprint density at radius 3 is 2.32 bits per heavy atom. The molecule has 1 rings (SSSR count). The second kappa shape index (κ2) is 6.96. The number of carbonyl (C=O) groups is 1. The van der Waals surface area contributed by atoms with Crippen molar-refractivity contribution < 1.29 is 9.00 Å². The lowest BCUT2D eigenvalue weighted by molar-refractivity contribution is -0.119. The molecule has 0 aliphatic rings. The first kappa shape index (κ1) is 16.1. The lowest BCUT2D eigenvalue weighted by atomic mass is 10.1. The Hall–Kier alpha value is -1.00. The van der Waals surface area contributed by atoms with Gasteiger partial charge in [0.05, 0.1) is 16.6 Å². The molecule has 0 N–H and O–H groups in total. The van der Waals surface area contributed by atoms with Crippen LogP contribution < -0.4 is 0 Å². The number of nitrogens with zero attached hydrogens (tertiary/aromatic N) is 1. The van der Waals surface area contributed by atoms with Gasteiger partial charge in [-0.25, -0.2) is 0 Å². The van der Waals surface area contributed by atoms with E-state index in [1.54, 1.807) is 0 Å². The monoisotopic (exact) mass is 281 g/mol. The standard InChI is InChI=1S/C15H23NO2S/c1-11(2)14(17)10-19(18)15-9-7-6-8-13(15)12(3)16(4)5/h6-9,11-12H,10H2,1-5H3/t12-,19+/m1/s1. The lowest BCUT2D eigenvalue weighted by Crippen LogP contribution is -2.21. The van der Waals surface area contributed by atoms with E-state index in [0.29, 0.717) is 0 Å². The van der Waals surface area contributed by atoms with Crippen LogP contribution in [0.1, 0.15) is 32.4 Å². The van der Waals surface area contributed by atoms with Crippen molar-refractivity contribution in [1.29, 1.82) is 0 Å². The second-order valence-corrected chi connectivity index (χ2v) is 6.71. The third-order valence-corrected chi connectivity index (χ3v) is 4.72. The molecule has 0 amide bonds. The minimum Gasteiger partial charge on any atom is -0.303 e. The van der Waals surface area contributed by atoms with Crippen LogP contribution in [0, 0.1) is 5.92 Å². The number of hydrogen-bond acceptors (Lipinski definition) is 3. The molecule has 1 aromatic carbocycles. The van der Waals surface area contributed by atoms with Gasteiger partial charge in [0.15, 0.2) is 0 Å². The fourth-order valence-corrected chi connectivity index (χ4v) is 3.16. The summed E-state index contributed by atoms with van der Waals surface area (Å²) in [5.41, 5.74) is 1.03. The van der Waals surface area contributed by atoms with E-state index >= 15 is 0 Å². The van der Waals surface area contributed by atoms with Gasteiger partial charge in [0.25, 0.3) is 0 Å². The van der Waals surface area contributed by atoms with Crippen LogP contribution in [0.15, 0.2) is 29.2 Å². The molecular formula is C15H23NO2S. The Morgan fingerprint density at radius 2 is 1.79 bits per heavy atom. The van der Waals surface area contributed by atoms with Crippen molar-refractivity contribution in [2.75, 3.05) is 19.8 Å². The maximum Gasteiger partial charge on any atom is 0.148 e. The van der Waals surface area contributed by atoms with Gasteiger partial charge in [-0.05, 0) is 32.6 Å². The van der Waals surface area contributed by atoms with Gasteiger partial charge in [-0.1, -0.05) is 32.0 Å². The van der Waals surface area contributed by atoms with E-state index in [9.17, 15) is 9.00 Å². The van der Waals surface area contributed by atoms with E-state index in [-0.39, 0.29) is 23.5 Å². The predicted molar refractivity (Wildman–Crippen MR) is 79.7 cm³/mol. The molecule has 2 atom stereocenters. The van der Waals surface area contributed by atoms with Gasteiger partial charge in [-0.15, -0.1) is 0 Å². The summed E-state index contributed by atoms with van der Waals surface area (Å²) in [6.07, 6.45) is 0. The highest BCUT2D eigenvalue weighted by Gasteiger charge is 2.19. The molecule has 4 heteroatoms. The number of hydrogen-bond donors (Lipinski definition) is 0. The molecule has 0 heterocycles. The number of ketones is 1. The molecule has 0 bridgehead atoms. The summed E-state index contributed by atoms with van der Waals surface area (Å²) in [5, 5.41) is 0. The van der Waals surface area contributed by atoms with Crippen LogP contribution in [0.3, 0.4) is 0 Å². The SMILES string of the molecule is CC(C)C(=O)C[S@](=O)c1ccccc1[C@@H](C)N(C)C. The quantitative estimate of drug-likeness (QED) is 0.804. The Kier molecular flexibility index (Phi) is 5.88. The van der Waals surface area contributed by atoms with Crippen LogP contribution in [0.25, 0.3) is 0 Å². The van der Waals surface area contributed by atoms with Gasteiger partial charge in [-0.3, -0.25) is 9.00 Å². The molecule has 0 aromatic heterocycles. The summed E-state index contributed by atoms with van der Waals surface area (Å²) in [6, 6.07) is 7.84. The Bertz CT molecular complexity index is 469. The van der Waals surface area contributed by atoms with Gasteiger partial charge < -0.3 is 4.90 Å². The molecule has 1 aromatic rings. The van der Waals surface area contributed by atoms with Crippen molar-refractivity contribution >= 4 is 16.6 Å². The molecule has 19 heavy (non-hydrogen) atoms. The van der Waals surface area contributed by atoms with Gasteiger partial charge in [0.2, 0.25) is 0 Å². The summed E-state index contributed by atoms with van der Waals surface area (Å²) in [4.78, 5) is 14.6. The zero-order valence-corrected chi connectivity index (χ0v) is 13.2. The van der Waals surface area contributed by atoms with E-state index < -0.39 is 10.8 Å². The van der Waals surface area contributed by atoms with Crippen LogP contribution in [0.2, 0.25) is 0 Å². The third-order valence-electron chi connectivity index (χ3n) is 3.31. The minimum atomic E-state index is -1.26. The molecule has 3 nitrogen and oxygen atoms in total. The smallest absolute Gasteiger partial charge is 0.148 e. The first-order valence-corrected chi connectivity index (χ1v) is 7.83. The van der Waals surface area contributed by atoms with Crippen molar-refractivity contribution in [3.05, 3.63) is 29.8 Å². The molecule has 0 saturated carbocycles. The summed E-state index contributed by atoms with van der Waals surface area (Å²) in [7, 11) is 2.72. The highest BCUT2D eigenvalue weighted by Crippen LogP contribution is 2.24. The molecule has 0 aliphatic heterocycles. The molecule has 0 unspecified atom stereocenters. The highest BCUT2D eigenvalue weighted by molar-refractivity contribution is 7.85. The summed E-state index contributed by atoms with van der Waals surface area (Å²) in [6.45, 7) is 5.75. The average Bonchev–Trinajstić information content (AvgIpc) is 2.37. The molecule has 106 valence electrons.